The van der Waals surface area contributed by atoms with Gasteiger partial charge in [-0.25, -0.2) is 0 Å². The quantitative estimate of drug-likeness (QED) is 0.872. The van der Waals surface area contributed by atoms with Gasteiger partial charge in [0.25, 0.3) is 0 Å². The number of rotatable bonds is 3. The lowest BCUT2D eigenvalue weighted by molar-refractivity contribution is -0.138. The van der Waals surface area contributed by atoms with Crippen molar-refractivity contribution in [2.45, 2.75) is 40.2 Å². The van der Waals surface area contributed by atoms with Gasteiger partial charge in [-0.2, -0.15) is 0 Å². The van der Waals surface area contributed by atoms with E-state index in [0.717, 1.165) is 32.8 Å². The Kier molecular flexibility index (Phi) is 4.17. The molecule has 3 nitrogen and oxygen atoms in total. The number of hydrogen-bond acceptors (Lipinski definition) is 2. The Balaban J connectivity index is 3.30. The predicted molar refractivity (Wildman–Crippen MR) is 69.7 cm³/mol. The molecule has 1 aromatic rings. The maximum absolute atomic E-state index is 10.8. The van der Waals surface area contributed by atoms with Crippen molar-refractivity contribution < 1.29 is 9.90 Å². The normalized spacial score (nSPS) is 12.6. The highest BCUT2D eigenvalue weighted by Crippen LogP contribution is 2.30. The standard InChI is InChI=1S/C13H18ClNO2/c1-6-8(3)12(14)9(4)7(2)10(6)5-11(15)13(16)17/h11H,5,15H2,1-4H3,(H,16,17). The van der Waals surface area contributed by atoms with Gasteiger partial charge < -0.3 is 10.8 Å². The first-order valence-electron chi connectivity index (χ1n) is 5.50. The molecule has 1 unspecified atom stereocenters. The van der Waals surface area contributed by atoms with E-state index in [9.17, 15) is 4.79 Å². The van der Waals surface area contributed by atoms with Gasteiger partial charge in [-0.3, -0.25) is 4.79 Å². The number of benzene rings is 1. The molecule has 0 bridgehead atoms. The van der Waals surface area contributed by atoms with Crippen molar-refractivity contribution in [3.05, 3.63) is 32.8 Å². The minimum Gasteiger partial charge on any atom is -0.480 e. The van der Waals surface area contributed by atoms with Crippen molar-refractivity contribution in [2.24, 2.45) is 5.73 Å². The van der Waals surface area contributed by atoms with Gasteiger partial charge in [0, 0.05) is 5.02 Å². The van der Waals surface area contributed by atoms with Crippen LogP contribution in [0.25, 0.3) is 0 Å². The molecular weight excluding hydrogens is 238 g/mol. The molecule has 1 atom stereocenters. The zero-order valence-electron chi connectivity index (χ0n) is 10.6. The lowest BCUT2D eigenvalue weighted by Gasteiger charge is -2.18. The van der Waals surface area contributed by atoms with Crippen LogP contribution < -0.4 is 5.73 Å². The van der Waals surface area contributed by atoms with Crippen LogP contribution in [0.15, 0.2) is 0 Å². The maximum Gasteiger partial charge on any atom is 0.320 e. The molecule has 0 fully saturated rings. The number of nitrogens with two attached hydrogens (primary N) is 1. The van der Waals surface area contributed by atoms with E-state index in [1.807, 2.05) is 27.7 Å². The van der Waals surface area contributed by atoms with Gasteiger partial charge in [-0.15, -0.1) is 0 Å². The van der Waals surface area contributed by atoms with Crippen molar-refractivity contribution in [3.8, 4) is 0 Å². The van der Waals surface area contributed by atoms with E-state index < -0.39 is 12.0 Å². The van der Waals surface area contributed by atoms with Gasteiger partial charge in [0.05, 0.1) is 0 Å². The SMILES string of the molecule is Cc1c(C)c(CC(N)C(=O)O)c(C)c(C)c1Cl. The topological polar surface area (TPSA) is 63.3 Å². The van der Waals surface area contributed by atoms with E-state index in [1.54, 1.807) is 0 Å². The highest BCUT2D eigenvalue weighted by atomic mass is 35.5. The Morgan fingerprint density at radius 1 is 1.18 bits per heavy atom. The number of aliphatic carboxylic acids is 1. The van der Waals surface area contributed by atoms with Crippen LogP contribution in [0.1, 0.15) is 27.8 Å². The summed E-state index contributed by atoms with van der Waals surface area (Å²) >= 11 is 6.21. The van der Waals surface area contributed by atoms with Crippen molar-refractivity contribution in [2.75, 3.05) is 0 Å². The Morgan fingerprint density at radius 2 is 1.59 bits per heavy atom. The van der Waals surface area contributed by atoms with E-state index in [1.165, 1.54) is 0 Å². The molecule has 0 aliphatic heterocycles. The summed E-state index contributed by atoms with van der Waals surface area (Å²) < 4.78 is 0. The van der Waals surface area contributed by atoms with E-state index in [2.05, 4.69) is 0 Å². The molecule has 0 aromatic heterocycles. The Hall–Kier alpha value is -1.06. The van der Waals surface area contributed by atoms with Crippen LogP contribution in [0, 0.1) is 27.7 Å². The molecule has 0 saturated heterocycles. The number of halogens is 1. The predicted octanol–water partition coefficient (Wildman–Crippen LogP) is 2.53. The van der Waals surface area contributed by atoms with Crippen molar-refractivity contribution in [1.29, 1.82) is 0 Å². The van der Waals surface area contributed by atoms with Crippen molar-refractivity contribution in [3.63, 3.8) is 0 Å². The zero-order chi connectivity index (χ0) is 13.3. The first-order chi connectivity index (χ1) is 7.77. The van der Waals surface area contributed by atoms with E-state index in [0.29, 0.717) is 6.42 Å². The summed E-state index contributed by atoms with van der Waals surface area (Å²) in [5.41, 5.74) is 10.7. The molecule has 0 saturated carbocycles. The molecule has 0 spiro atoms. The minimum atomic E-state index is -0.978. The summed E-state index contributed by atoms with van der Waals surface area (Å²) in [4.78, 5) is 10.8. The molecule has 17 heavy (non-hydrogen) atoms. The Labute approximate surface area is 107 Å². The van der Waals surface area contributed by atoms with Crippen LogP contribution in [-0.4, -0.2) is 17.1 Å². The molecule has 1 rings (SSSR count). The molecule has 0 amide bonds. The molecule has 3 N–H and O–H groups in total. The van der Waals surface area contributed by atoms with Crippen molar-refractivity contribution in [1.82, 2.24) is 0 Å². The van der Waals surface area contributed by atoms with Gasteiger partial charge >= 0.3 is 5.97 Å². The fourth-order valence-electron chi connectivity index (χ4n) is 1.96. The maximum atomic E-state index is 10.8. The van der Waals surface area contributed by atoms with E-state index in [4.69, 9.17) is 22.4 Å². The Morgan fingerprint density at radius 3 is 1.94 bits per heavy atom. The highest BCUT2D eigenvalue weighted by molar-refractivity contribution is 6.32. The van der Waals surface area contributed by atoms with Crippen LogP contribution in [0.2, 0.25) is 5.02 Å². The van der Waals surface area contributed by atoms with Gasteiger partial charge in [0.1, 0.15) is 6.04 Å². The van der Waals surface area contributed by atoms with Gasteiger partial charge in [-0.1, -0.05) is 11.6 Å². The van der Waals surface area contributed by atoms with Crippen LogP contribution in [-0.2, 0) is 11.2 Å². The lowest BCUT2D eigenvalue weighted by Crippen LogP contribution is -2.33. The van der Waals surface area contributed by atoms with Crippen molar-refractivity contribution >= 4 is 17.6 Å². The second-order valence-electron chi connectivity index (χ2n) is 4.44. The number of carboxylic acid groups (broad SMARTS) is 1. The second kappa shape index (κ2) is 5.07. The number of hydrogen-bond donors (Lipinski definition) is 2. The van der Waals surface area contributed by atoms with Gasteiger partial charge in [0.15, 0.2) is 0 Å². The van der Waals surface area contributed by atoms with Gasteiger partial charge in [-0.05, 0) is 61.9 Å². The number of carboxylic acids is 1. The molecule has 0 heterocycles. The summed E-state index contributed by atoms with van der Waals surface area (Å²) in [6.45, 7) is 7.80. The summed E-state index contributed by atoms with van der Waals surface area (Å²) in [6, 6.07) is -0.868. The highest BCUT2D eigenvalue weighted by Gasteiger charge is 2.18. The molecule has 4 heteroatoms. The third-order valence-corrected chi connectivity index (χ3v) is 4.00. The van der Waals surface area contributed by atoms with Gasteiger partial charge in [0.2, 0.25) is 0 Å². The first kappa shape index (κ1) is 14.0. The molecular formula is C13H18ClNO2. The molecule has 0 aliphatic rings. The monoisotopic (exact) mass is 255 g/mol. The smallest absolute Gasteiger partial charge is 0.320 e. The summed E-state index contributed by atoms with van der Waals surface area (Å²) in [5, 5.41) is 9.62. The average molecular weight is 256 g/mol. The van der Waals surface area contributed by atoms with Crippen LogP contribution in [0.3, 0.4) is 0 Å². The summed E-state index contributed by atoms with van der Waals surface area (Å²) in [5.74, 6) is -0.978. The summed E-state index contributed by atoms with van der Waals surface area (Å²) in [7, 11) is 0. The molecule has 0 aliphatic carbocycles. The van der Waals surface area contributed by atoms with Crippen LogP contribution >= 0.6 is 11.6 Å². The van der Waals surface area contributed by atoms with Crippen LogP contribution in [0.5, 0.6) is 0 Å². The minimum absolute atomic E-state index is 0.339. The Bertz CT molecular complexity index is 440. The third kappa shape index (κ3) is 2.61. The summed E-state index contributed by atoms with van der Waals surface area (Å²) in [6.07, 6.45) is 0.339. The fraction of sp³-hybridized carbons (Fsp3) is 0.462. The van der Waals surface area contributed by atoms with E-state index in [-0.39, 0.29) is 0 Å². The second-order valence-corrected chi connectivity index (χ2v) is 4.82. The fourth-order valence-corrected chi connectivity index (χ4v) is 2.24. The lowest BCUT2D eigenvalue weighted by atomic mass is 9.90. The zero-order valence-corrected chi connectivity index (χ0v) is 11.4. The largest absolute Gasteiger partial charge is 0.480 e. The molecule has 1 aromatic carbocycles. The van der Waals surface area contributed by atoms with E-state index >= 15 is 0 Å². The first-order valence-corrected chi connectivity index (χ1v) is 5.88. The molecule has 0 radical (unpaired) electrons. The third-order valence-electron chi connectivity index (χ3n) is 3.43. The molecule has 94 valence electrons. The number of carbonyl (C=O) groups is 1. The van der Waals surface area contributed by atoms with Crippen LogP contribution in [0.4, 0.5) is 0 Å². The average Bonchev–Trinajstić information content (AvgIpc) is 2.29.